The Kier molecular flexibility index (Phi) is 3.71. The Balaban J connectivity index is 2.88. The van der Waals surface area contributed by atoms with E-state index in [1.165, 1.54) is 11.8 Å². The fourth-order valence-electron chi connectivity index (χ4n) is 0.989. The number of hydrogen-bond donors (Lipinski definition) is 1. The van der Waals surface area contributed by atoms with Crippen molar-refractivity contribution in [1.82, 2.24) is 4.98 Å². The van der Waals surface area contributed by atoms with Crippen LogP contribution in [0, 0.1) is 6.92 Å². The molecule has 1 aromatic rings. The standard InChI is InChI=1S/C10H11NO2S/c1-3-6-14-9-5-4-8(10(12)13)7(2)11-9/h3-5H,1,6H2,2H3,(H,12,13). The first-order valence-electron chi connectivity index (χ1n) is 4.09. The first kappa shape index (κ1) is 10.8. The fraction of sp³-hybridized carbons (Fsp3) is 0.200. The van der Waals surface area contributed by atoms with Crippen LogP contribution in [0.15, 0.2) is 29.8 Å². The molecular formula is C10H11NO2S. The van der Waals surface area contributed by atoms with E-state index in [-0.39, 0.29) is 5.56 Å². The van der Waals surface area contributed by atoms with E-state index in [1.54, 1.807) is 25.1 Å². The summed E-state index contributed by atoms with van der Waals surface area (Å²) in [6.07, 6.45) is 1.78. The predicted molar refractivity (Wildman–Crippen MR) is 56.9 cm³/mol. The van der Waals surface area contributed by atoms with Gasteiger partial charge in [-0.25, -0.2) is 9.78 Å². The Morgan fingerprint density at radius 2 is 2.43 bits per heavy atom. The number of pyridine rings is 1. The summed E-state index contributed by atoms with van der Waals surface area (Å²) in [5.74, 6) is -0.158. The van der Waals surface area contributed by atoms with Gasteiger partial charge in [-0.1, -0.05) is 6.08 Å². The lowest BCUT2D eigenvalue weighted by molar-refractivity contribution is 0.0695. The number of rotatable bonds is 4. The zero-order valence-electron chi connectivity index (χ0n) is 7.86. The molecule has 0 saturated carbocycles. The van der Waals surface area contributed by atoms with Crippen molar-refractivity contribution in [2.24, 2.45) is 0 Å². The van der Waals surface area contributed by atoms with Crippen molar-refractivity contribution in [2.75, 3.05) is 5.75 Å². The summed E-state index contributed by atoms with van der Waals surface area (Å²) in [5.41, 5.74) is 0.805. The van der Waals surface area contributed by atoms with Crippen LogP contribution < -0.4 is 0 Å². The summed E-state index contributed by atoms with van der Waals surface area (Å²) in [6, 6.07) is 3.29. The molecule has 4 heteroatoms. The largest absolute Gasteiger partial charge is 0.478 e. The van der Waals surface area contributed by atoms with Crippen LogP contribution >= 0.6 is 11.8 Å². The molecule has 3 nitrogen and oxygen atoms in total. The molecule has 0 aromatic carbocycles. The van der Waals surface area contributed by atoms with Gasteiger partial charge in [-0.2, -0.15) is 0 Å². The number of carboxylic acid groups (broad SMARTS) is 1. The van der Waals surface area contributed by atoms with Crippen LogP contribution in [0.1, 0.15) is 16.1 Å². The van der Waals surface area contributed by atoms with Gasteiger partial charge in [0, 0.05) is 5.75 Å². The monoisotopic (exact) mass is 209 g/mol. The topological polar surface area (TPSA) is 50.2 Å². The highest BCUT2D eigenvalue weighted by molar-refractivity contribution is 7.99. The van der Waals surface area contributed by atoms with Crippen molar-refractivity contribution in [3.05, 3.63) is 36.0 Å². The normalized spacial score (nSPS) is 9.79. The van der Waals surface area contributed by atoms with Gasteiger partial charge >= 0.3 is 5.97 Å². The lowest BCUT2D eigenvalue weighted by Crippen LogP contribution is -2.01. The highest BCUT2D eigenvalue weighted by atomic mass is 32.2. The maximum atomic E-state index is 10.7. The molecule has 0 atom stereocenters. The molecule has 0 saturated heterocycles. The van der Waals surface area contributed by atoms with Crippen LogP contribution in [0.2, 0.25) is 0 Å². The number of hydrogen-bond acceptors (Lipinski definition) is 3. The molecule has 1 aromatic heterocycles. The van der Waals surface area contributed by atoms with Gasteiger partial charge in [0.25, 0.3) is 0 Å². The fourth-order valence-corrected chi connectivity index (χ4v) is 1.64. The lowest BCUT2D eigenvalue weighted by atomic mass is 10.2. The van der Waals surface area contributed by atoms with Gasteiger partial charge < -0.3 is 5.11 Å². The Hall–Kier alpha value is -1.29. The first-order valence-corrected chi connectivity index (χ1v) is 5.08. The highest BCUT2D eigenvalue weighted by Gasteiger charge is 2.08. The van der Waals surface area contributed by atoms with Gasteiger partial charge in [-0.3, -0.25) is 0 Å². The molecule has 1 heterocycles. The maximum absolute atomic E-state index is 10.7. The second kappa shape index (κ2) is 4.81. The summed E-state index contributed by atoms with van der Waals surface area (Å²) in [5, 5.41) is 9.60. The third-order valence-electron chi connectivity index (χ3n) is 1.64. The van der Waals surface area contributed by atoms with E-state index < -0.39 is 5.97 Å². The third kappa shape index (κ3) is 2.60. The quantitative estimate of drug-likeness (QED) is 0.611. The zero-order valence-corrected chi connectivity index (χ0v) is 8.67. The molecule has 0 spiro atoms. The summed E-state index contributed by atoms with van der Waals surface area (Å²) >= 11 is 1.53. The summed E-state index contributed by atoms with van der Waals surface area (Å²) in [6.45, 7) is 5.30. The van der Waals surface area contributed by atoms with Gasteiger partial charge in [0.2, 0.25) is 0 Å². The molecule has 0 aliphatic rings. The molecule has 0 radical (unpaired) electrons. The number of aromatic carboxylic acids is 1. The molecule has 74 valence electrons. The van der Waals surface area contributed by atoms with Crippen LogP contribution in [0.5, 0.6) is 0 Å². The number of aryl methyl sites for hydroxylation is 1. The van der Waals surface area contributed by atoms with Crippen molar-refractivity contribution < 1.29 is 9.90 Å². The second-order valence-electron chi connectivity index (χ2n) is 2.69. The minimum atomic E-state index is -0.935. The molecule has 0 bridgehead atoms. The van der Waals surface area contributed by atoms with Gasteiger partial charge in [0.15, 0.2) is 0 Å². The van der Waals surface area contributed by atoms with Crippen LogP contribution in [-0.4, -0.2) is 21.8 Å². The Labute approximate surface area is 86.9 Å². The molecule has 14 heavy (non-hydrogen) atoms. The van der Waals surface area contributed by atoms with E-state index in [0.717, 1.165) is 10.8 Å². The van der Waals surface area contributed by atoms with E-state index in [9.17, 15) is 4.79 Å². The number of nitrogens with zero attached hydrogens (tertiary/aromatic N) is 1. The molecule has 0 aliphatic carbocycles. The Morgan fingerprint density at radius 3 is 2.93 bits per heavy atom. The third-order valence-corrected chi connectivity index (χ3v) is 2.57. The van der Waals surface area contributed by atoms with Gasteiger partial charge in [-0.15, -0.1) is 18.3 Å². The number of thioether (sulfide) groups is 1. The van der Waals surface area contributed by atoms with E-state index in [0.29, 0.717) is 5.69 Å². The zero-order chi connectivity index (χ0) is 10.6. The number of aromatic nitrogens is 1. The van der Waals surface area contributed by atoms with Crippen molar-refractivity contribution in [2.45, 2.75) is 11.9 Å². The minimum absolute atomic E-state index is 0.257. The van der Waals surface area contributed by atoms with Gasteiger partial charge in [-0.05, 0) is 19.1 Å². The van der Waals surface area contributed by atoms with Crippen LogP contribution in [0.4, 0.5) is 0 Å². The van der Waals surface area contributed by atoms with Crippen molar-refractivity contribution >= 4 is 17.7 Å². The average molecular weight is 209 g/mol. The molecule has 1 N–H and O–H groups in total. The predicted octanol–water partition coefficient (Wildman–Crippen LogP) is 2.37. The minimum Gasteiger partial charge on any atom is -0.478 e. The summed E-state index contributed by atoms with van der Waals surface area (Å²) in [4.78, 5) is 14.9. The van der Waals surface area contributed by atoms with Gasteiger partial charge in [0.05, 0.1) is 16.3 Å². The Bertz CT molecular complexity index is 363. The molecule has 1 rings (SSSR count). The summed E-state index contributed by atoms with van der Waals surface area (Å²) in [7, 11) is 0. The Morgan fingerprint density at radius 1 is 1.71 bits per heavy atom. The average Bonchev–Trinajstić information content (AvgIpc) is 2.14. The van der Waals surface area contributed by atoms with E-state index in [4.69, 9.17) is 5.11 Å². The summed E-state index contributed by atoms with van der Waals surface area (Å²) < 4.78 is 0. The lowest BCUT2D eigenvalue weighted by Gasteiger charge is -2.02. The smallest absolute Gasteiger partial charge is 0.337 e. The van der Waals surface area contributed by atoms with Crippen molar-refractivity contribution in [3.63, 3.8) is 0 Å². The first-order chi connectivity index (χ1) is 6.65. The SMILES string of the molecule is C=CCSc1ccc(C(=O)O)c(C)n1. The van der Waals surface area contributed by atoms with Gasteiger partial charge in [0.1, 0.15) is 0 Å². The van der Waals surface area contributed by atoms with Crippen LogP contribution in [0.25, 0.3) is 0 Å². The highest BCUT2D eigenvalue weighted by Crippen LogP contribution is 2.17. The van der Waals surface area contributed by atoms with E-state index in [1.807, 2.05) is 0 Å². The molecule has 0 unspecified atom stereocenters. The number of carbonyl (C=O) groups is 1. The second-order valence-corrected chi connectivity index (χ2v) is 3.73. The molecule has 0 amide bonds. The van der Waals surface area contributed by atoms with E-state index in [2.05, 4.69) is 11.6 Å². The molecular weight excluding hydrogens is 198 g/mol. The van der Waals surface area contributed by atoms with E-state index >= 15 is 0 Å². The van der Waals surface area contributed by atoms with Crippen LogP contribution in [0.3, 0.4) is 0 Å². The molecule has 0 aliphatic heterocycles. The van der Waals surface area contributed by atoms with Crippen molar-refractivity contribution in [1.29, 1.82) is 0 Å². The number of carboxylic acids is 1. The maximum Gasteiger partial charge on any atom is 0.337 e. The molecule has 0 fully saturated rings. The van der Waals surface area contributed by atoms with Crippen molar-refractivity contribution in [3.8, 4) is 0 Å². The van der Waals surface area contributed by atoms with Crippen LogP contribution in [-0.2, 0) is 0 Å².